The Labute approximate surface area is 106 Å². The quantitative estimate of drug-likeness (QED) is 0.832. The topological polar surface area (TPSA) is 67.8 Å². The number of aliphatic carboxylic acids is 1. The van der Waals surface area contributed by atoms with Gasteiger partial charge in [-0.15, -0.1) is 0 Å². The van der Waals surface area contributed by atoms with Crippen LogP contribution in [-0.2, 0) is 9.53 Å². The first-order valence-electron chi connectivity index (χ1n) is 5.92. The van der Waals surface area contributed by atoms with Crippen LogP contribution in [0, 0.1) is 5.92 Å². The van der Waals surface area contributed by atoms with Gasteiger partial charge in [-0.3, -0.25) is 0 Å². The highest BCUT2D eigenvalue weighted by Crippen LogP contribution is 2.27. The van der Waals surface area contributed by atoms with Crippen molar-refractivity contribution in [2.45, 2.75) is 12.5 Å². The van der Waals surface area contributed by atoms with Crippen LogP contribution in [0.5, 0.6) is 5.75 Å². The van der Waals surface area contributed by atoms with Crippen molar-refractivity contribution in [1.29, 1.82) is 0 Å². The standard InChI is InChI=1S/C13H17NO4/c1-17-11-5-3-2-4-10(11)14-12(13(15)16)9-6-7-18-8-9/h2-5,9,12,14H,6-8H2,1H3,(H,15,16). The van der Waals surface area contributed by atoms with Crippen LogP contribution in [0.2, 0.25) is 0 Å². The fourth-order valence-electron chi connectivity index (χ4n) is 2.13. The molecule has 1 aliphatic rings. The summed E-state index contributed by atoms with van der Waals surface area (Å²) in [6.45, 7) is 1.11. The number of ether oxygens (including phenoxy) is 2. The van der Waals surface area contributed by atoms with Gasteiger partial charge in [-0.2, -0.15) is 0 Å². The van der Waals surface area contributed by atoms with E-state index in [1.54, 1.807) is 13.2 Å². The van der Waals surface area contributed by atoms with Crippen molar-refractivity contribution in [3.8, 4) is 5.75 Å². The highest BCUT2D eigenvalue weighted by atomic mass is 16.5. The first kappa shape index (κ1) is 12.7. The Morgan fingerprint density at radius 1 is 1.56 bits per heavy atom. The van der Waals surface area contributed by atoms with Gasteiger partial charge >= 0.3 is 5.97 Å². The maximum Gasteiger partial charge on any atom is 0.326 e. The Hall–Kier alpha value is -1.75. The first-order valence-corrected chi connectivity index (χ1v) is 5.92. The summed E-state index contributed by atoms with van der Waals surface area (Å²) < 4.78 is 10.4. The van der Waals surface area contributed by atoms with Crippen molar-refractivity contribution < 1.29 is 19.4 Å². The van der Waals surface area contributed by atoms with Crippen molar-refractivity contribution in [2.24, 2.45) is 5.92 Å². The molecule has 1 fully saturated rings. The minimum absolute atomic E-state index is 0.00703. The number of methoxy groups -OCH3 is 1. The summed E-state index contributed by atoms with van der Waals surface area (Å²) in [5.74, 6) is -0.230. The predicted octanol–water partition coefficient (Wildman–Crippen LogP) is 1.60. The molecule has 2 atom stereocenters. The van der Waals surface area contributed by atoms with Gasteiger partial charge in [-0.1, -0.05) is 12.1 Å². The fraction of sp³-hybridized carbons (Fsp3) is 0.462. The van der Waals surface area contributed by atoms with Gasteiger partial charge in [0.1, 0.15) is 11.8 Å². The summed E-state index contributed by atoms with van der Waals surface area (Å²) in [6, 6.07) is 6.65. The van der Waals surface area contributed by atoms with Crippen LogP contribution in [0.1, 0.15) is 6.42 Å². The van der Waals surface area contributed by atoms with Gasteiger partial charge in [0.2, 0.25) is 0 Å². The molecule has 1 aromatic rings. The van der Waals surface area contributed by atoms with Crippen LogP contribution in [0.3, 0.4) is 0 Å². The van der Waals surface area contributed by atoms with E-state index in [9.17, 15) is 9.90 Å². The zero-order chi connectivity index (χ0) is 13.0. The minimum atomic E-state index is -0.864. The van der Waals surface area contributed by atoms with Crippen molar-refractivity contribution in [3.05, 3.63) is 24.3 Å². The lowest BCUT2D eigenvalue weighted by atomic mass is 9.99. The van der Waals surface area contributed by atoms with E-state index in [0.717, 1.165) is 6.42 Å². The lowest BCUT2D eigenvalue weighted by molar-refractivity contribution is -0.139. The number of benzene rings is 1. The molecule has 1 saturated heterocycles. The van der Waals surface area contributed by atoms with Gasteiger partial charge < -0.3 is 19.9 Å². The van der Waals surface area contributed by atoms with Gasteiger partial charge in [0, 0.05) is 12.5 Å². The zero-order valence-corrected chi connectivity index (χ0v) is 10.3. The molecule has 2 rings (SSSR count). The third kappa shape index (κ3) is 2.73. The van der Waals surface area contributed by atoms with Gasteiger partial charge in [0.25, 0.3) is 0 Å². The molecule has 0 saturated carbocycles. The van der Waals surface area contributed by atoms with Crippen LogP contribution >= 0.6 is 0 Å². The lowest BCUT2D eigenvalue weighted by Crippen LogP contribution is -2.37. The van der Waals surface area contributed by atoms with Crippen LogP contribution in [0.4, 0.5) is 5.69 Å². The Kier molecular flexibility index (Phi) is 4.04. The second-order valence-electron chi connectivity index (χ2n) is 4.28. The van der Waals surface area contributed by atoms with E-state index in [-0.39, 0.29) is 5.92 Å². The monoisotopic (exact) mass is 251 g/mol. The number of carboxylic acids is 1. The van der Waals surface area contributed by atoms with E-state index in [2.05, 4.69) is 5.32 Å². The third-order valence-corrected chi connectivity index (χ3v) is 3.12. The number of anilines is 1. The number of rotatable bonds is 5. The van der Waals surface area contributed by atoms with Crippen LogP contribution in [0.25, 0.3) is 0 Å². The Morgan fingerprint density at radius 2 is 2.33 bits per heavy atom. The van der Waals surface area contributed by atoms with Gasteiger partial charge in [-0.25, -0.2) is 4.79 Å². The van der Waals surface area contributed by atoms with E-state index in [1.807, 2.05) is 18.2 Å². The smallest absolute Gasteiger partial charge is 0.326 e. The number of hydrogen-bond donors (Lipinski definition) is 2. The molecule has 0 aliphatic carbocycles. The number of carbonyl (C=O) groups is 1. The zero-order valence-electron chi connectivity index (χ0n) is 10.3. The van der Waals surface area contributed by atoms with Crippen molar-refractivity contribution in [3.63, 3.8) is 0 Å². The summed E-state index contributed by atoms with van der Waals surface area (Å²) in [4.78, 5) is 11.3. The molecule has 1 aliphatic heterocycles. The van der Waals surface area contributed by atoms with Crippen molar-refractivity contribution in [1.82, 2.24) is 0 Å². The average Bonchev–Trinajstić information content (AvgIpc) is 2.89. The molecule has 2 N–H and O–H groups in total. The van der Waals surface area contributed by atoms with E-state index < -0.39 is 12.0 Å². The summed E-state index contributed by atoms with van der Waals surface area (Å²) in [7, 11) is 1.56. The van der Waals surface area contributed by atoms with Crippen molar-refractivity contribution in [2.75, 3.05) is 25.6 Å². The highest BCUT2D eigenvalue weighted by molar-refractivity contribution is 5.78. The molecule has 0 spiro atoms. The van der Waals surface area contributed by atoms with E-state index in [4.69, 9.17) is 9.47 Å². The second-order valence-corrected chi connectivity index (χ2v) is 4.28. The molecule has 1 heterocycles. The predicted molar refractivity (Wildman–Crippen MR) is 67.0 cm³/mol. The fourth-order valence-corrected chi connectivity index (χ4v) is 2.13. The summed E-state index contributed by atoms with van der Waals surface area (Å²) in [5, 5.41) is 12.3. The lowest BCUT2D eigenvalue weighted by Gasteiger charge is -2.21. The van der Waals surface area contributed by atoms with Crippen LogP contribution < -0.4 is 10.1 Å². The molecule has 2 unspecified atom stereocenters. The maximum atomic E-state index is 11.3. The normalized spacial score (nSPS) is 20.4. The number of hydrogen-bond acceptors (Lipinski definition) is 4. The molecule has 98 valence electrons. The Bertz CT molecular complexity index is 415. The average molecular weight is 251 g/mol. The minimum Gasteiger partial charge on any atom is -0.495 e. The summed E-state index contributed by atoms with van der Waals surface area (Å²) in [6.07, 6.45) is 0.763. The molecule has 0 aromatic heterocycles. The summed E-state index contributed by atoms with van der Waals surface area (Å²) >= 11 is 0. The Balaban J connectivity index is 2.15. The third-order valence-electron chi connectivity index (χ3n) is 3.12. The van der Waals surface area contributed by atoms with Gasteiger partial charge in [-0.05, 0) is 18.6 Å². The van der Waals surface area contributed by atoms with E-state index in [0.29, 0.717) is 24.7 Å². The maximum absolute atomic E-state index is 11.3. The highest BCUT2D eigenvalue weighted by Gasteiger charge is 2.31. The molecule has 0 radical (unpaired) electrons. The molecule has 0 amide bonds. The van der Waals surface area contributed by atoms with Gasteiger partial charge in [0.15, 0.2) is 0 Å². The van der Waals surface area contributed by atoms with Crippen molar-refractivity contribution >= 4 is 11.7 Å². The Morgan fingerprint density at radius 3 is 2.94 bits per heavy atom. The van der Waals surface area contributed by atoms with E-state index >= 15 is 0 Å². The SMILES string of the molecule is COc1ccccc1NC(C(=O)O)C1CCOC1. The largest absolute Gasteiger partial charge is 0.495 e. The van der Waals surface area contributed by atoms with E-state index in [1.165, 1.54) is 0 Å². The molecule has 18 heavy (non-hydrogen) atoms. The van der Waals surface area contributed by atoms with Crippen LogP contribution in [-0.4, -0.2) is 37.4 Å². The molecule has 0 bridgehead atoms. The number of nitrogens with one attached hydrogen (secondary N) is 1. The summed E-state index contributed by atoms with van der Waals surface area (Å²) in [5.41, 5.74) is 0.694. The van der Waals surface area contributed by atoms with Gasteiger partial charge in [0.05, 0.1) is 19.4 Å². The number of carboxylic acid groups (broad SMARTS) is 1. The molecule has 5 nitrogen and oxygen atoms in total. The molecule has 5 heteroatoms. The molecular weight excluding hydrogens is 234 g/mol. The number of para-hydroxylation sites is 2. The second kappa shape index (κ2) is 5.73. The molecule has 1 aromatic carbocycles. The molecular formula is C13H17NO4. The first-order chi connectivity index (χ1) is 8.72. The van der Waals surface area contributed by atoms with Crippen LogP contribution in [0.15, 0.2) is 24.3 Å².